The highest BCUT2D eigenvalue weighted by Gasteiger charge is 2.14. The Morgan fingerprint density at radius 2 is 2.11 bits per heavy atom. The molecule has 0 spiro atoms. The number of halogens is 1. The number of para-hydroxylation sites is 1. The van der Waals surface area contributed by atoms with Gasteiger partial charge in [0.2, 0.25) is 0 Å². The summed E-state index contributed by atoms with van der Waals surface area (Å²) in [6.45, 7) is 4.24. The Morgan fingerprint density at radius 3 is 2.68 bits per heavy atom. The molecule has 19 heavy (non-hydrogen) atoms. The Kier molecular flexibility index (Phi) is 4.50. The Hall–Kier alpha value is -1.46. The van der Waals surface area contributed by atoms with Gasteiger partial charge in [0.15, 0.2) is 11.6 Å². The van der Waals surface area contributed by atoms with Crippen LogP contribution in [0.5, 0.6) is 5.75 Å². The topological polar surface area (TPSA) is 42.4 Å². The first kappa shape index (κ1) is 14.0. The molecule has 0 amide bonds. The van der Waals surface area contributed by atoms with Crippen LogP contribution in [0, 0.1) is 5.82 Å². The van der Waals surface area contributed by atoms with E-state index in [9.17, 15) is 9.50 Å². The smallest absolute Gasteiger partial charge is 0.165 e. The molecule has 0 radical (unpaired) electrons. The standard InChI is InChI=1S/C14H16FNO2S/c1-9(2)14-12(7-17)19-13(16-14)8-18-11-6-4-3-5-10(11)15/h3-6,9,17H,7-8H2,1-2H3. The zero-order valence-corrected chi connectivity index (χ0v) is 11.7. The van der Waals surface area contributed by atoms with Crippen LogP contribution in [-0.2, 0) is 13.2 Å². The fraction of sp³-hybridized carbons (Fsp3) is 0.357. The van der Waals surface area contributed by atoms with Gasteiger partial charge >= 0.3 is 0 Å². The van der Waals surface area contributed by atoms with Crippen LogP contribution in [0.15, 0.2) is 24.3 Å². The van der Waals surface area contributed by atoms with Crippen molar-refractivity contribution in [2.24, 2.45) is 0 Å². The zero-order valence-electron chi connectivity index (χ0n) is 10.9. The van der Waals surface area contributed by atoms with Crippen molar-refractivity contribution in [1.29, 1.82) is 0 Å². The van der Waals surface area contributed by atoms with Gasteiger partial charge in [-0.3, -0.25) is 0 Å². The van der Waals surface area contributed by atoms with E-state index in [1.807, 2.05) is 13.8 Å². The molecule has 0 saturated carbocycles. The lowest BCUT2D eigenvalue weighted by molar-refractivity contribution is 0.283. The van der Waals surface area contributed by atoms with Crippen LogP contribution in [0.1, 0.15) is 35.3 Å². The van der Waals surface area contributed by atoms with Crippen LogP contribution < -0.4 is 4.74 Å². The fourth-order valence-electron chi connectivity index (χ4n) is 1.74. The summed E-state index contributed by atoms with van der Waals surface area (Å²) in [5.74, 6) is 0.0838. The van der Waals surface area contributed by atoms with Crippen molar-refractivity contribution in [2.75, 3.05) is 0 Å². The number of benzene rings is 1. The Labute approximate surface area is 115 Å². The molecular formula is C14H16FNO2S. The summed E-state index contributed by atoms with van der Waals surface area (Å²) in [4.78, 5) is 5.29. The van der Waals surface area contributed by atoms with Gasteiger partial charge in [0, 0.05) is 0 Å². The third-order valence-electron chi connectivity index (χ3n) is 2.65. The van der Waals surface area contributed by atoms with Crippen LogP contribution in [0.4, 0.5) is 4.39 Å². The second kappa shape index (κ2) is 6.12. The summed E-state index contributed by atoms with van der Waals surface area (Å²) in [6.07, 6.45) is 0. The number of hydrogen-bond donors (Lipinski definition) is 1. The molecule has 3 nitrogen and oxygen atoms in total. The maximum atomic E-state index is 13.4. The molecule has 1 aromatic heterocycles. The SMILES string of the molecule is CC(C)c1nc(COc2ccccc2F)sc1CO. The molecule has 0 aliphatic carbocycles. The van der Waals surface area contributed by atoms with E-state index < -0.39 is 0 Å². The second-order valence-electron chi connectivity index (χ2n) is 4.45. The van der Waals surface area contributed by atoms with E-state index in [0.29, 0.717) is 0 Å². The number of nitrogens with zero attached hydrogens (tertiary/aromatic N) is 1. The number of thiazole rings is 1. The molecule has 102 valence electrons. The molecule has 0 fully saturated rings. The van der Waals surface area contributed by atoms with Gasteiger partial charge in [-0.15, -0.1) is 11.3 Å². The van der Waals surface area contributed by atoms with Crippen molar-refractivity contribution in [1.82, 2.24) is 4.98 Å². The lowest BCUT2D eigenvalue weighted by atomic mass is 10.1. The van der Waals surface area contributed by atoms with E-state index >= 15 is 0 Å². The summed E-state index contributed by atoms with van der Waals surface area (Å²) >= 11 is 1.40. The van der Waals surface area contributed by atoms with Crippen LogP contribution in [-0.4, -0.2) is 10.1 Å². The minimum atomic E-state index is -0.384. The molecule has 1 aromatic carbocycles. The highest BCUT2D eigenvalue weighted by molar-refractivity contribution is 7.11. The summed E-state index contributed by atoms with van der Waals surface area (Å²) < 4.78 is 18.8. The van der Waals surface area contributed by atoms with Gasteiger partial charge < -0.3 is 9.84 Å². The maximum Gasteiger partial charge on any atom is 0.165 e. The molecule has 0 aliphatic rings. The molecule has 2 aromatic rings. The minimum absolute atomic E-state index is 0.0229. The van der Waals surface area contributed by atoms with Crippen molar-refractivity contribution in [3.05, 3.63) is 45.7 Å². The quantitative estimate of drug-likeness (QED) is 0.912. The van der Waals surface area contributed by atoms with Gasteiger partial charge in [0.25, 0.3) is 0 Å². The van der Waals surface area contributed by atoms with Gasteiger partial charge in [-0.05, 0) is 18.1 Å². The van der Waals surface area contributed by atoms with Gasteiger partial charge in [-0.2, -0.15) is 0 Å². The van der Waals surface area contributed by atoms with Crippen LogP contribution in [0.25, 0.3) is 0 Å². The van der Waals surface area contributed by atoms with Crippen molar-refractivity contribution in [3.63, 3.8) is 0 Å². The van der Waals surface area contributed by atoms with Gasteiger partial charge in [0.1, 0.15) is 11.6 Å². The average Bonchev–Trinajstić information content (AvgIpc) is 2.81. The van der Waals surface area contributed by atoms with E-state index in [1.165, 1.54) is 17.4 Å². The Balaban J connectivity index is 2.10. The van der Waals surface area contributed by atoms with E-state index in [4.69, 9.17) is 4.74 Å². The monoisotopic (exact) mass is 281 g/mol. The fourth-order valence-corrected chi connectivity index (χ4v) is 2.74. The first-order chi connectivity index (χ1) is 9.11. The van der Waals surface area contributed by atoms with Crippen molar-refractivity contribution >= 4 is 11.3 Å². The molecular weight excluding hydrogens is 265 g/mol. The molecule has 1 heterocycles. The predicted molar refractivity (Wildman–Crippen MR) is 72.9 cm³/mol. The van der Waals surface area contributed by atoms with E-state index in [1.54, 1.807) is 18.2 Å². The molecule has 0 unspecified atom stereocenters. The molecule has 0 bridgehead atoms. The highest BCUT2D eigenvalue weighted by Crippen LogP contribution is 2.26. The first-order valence-electron chi connectivity index (χ1n) is 6.08. The summed E-state index contributed by atoms with van der Waals surface area (Å²) in [7, 11) is 0. The predicted octanol–water partition coefficient (Wildman–Crippen LogP) is 3.48. The average molecular weight is 281 g/mol. The normalized spacial score (nSPS) is 11.0. The molecule has 0 atom stereocenters. The molecule has 0 aliphatic heterocycles. The van der Waals surface area contributed by atoms with Crippen LogP contribution >= 0.6 is 11.3 Å². The summed E-state index contributed by atoms with van der Waals surface area (Å²) in [5.41, 5.74) is 0.889. The summed E-state index contributed by atoms with van der Waals surface area (Å²) in [5, 5.41) is 10.0. The Morgan fingerprint density at radius 1 is 1.37 bits per heavy atom. The minimum Gasteiger partial charge on any atom is -0.483 e. The lowest BCUT2D eigenvalue weighted by Gasteiger charge is -2.04. The molecule has 2 rings (SSSR count). The van der Waals surface area contributed by atoms with Crippen LogP contribution in [0.2, 0.25) is 0 Å². The molecule has 5 heteroatoms. The summed E-state index contributed by atoms with van der Waals surface area (Å²) in [6, 6.07) is 6.28. The third-order valence-corrected chi connectivity index (χ3v) is 3.68. The largest absolute Gasteiger partial charge is 0.483 e. The van der Waals surface area contributed by atoms with Crippen molar-refractivity contribution in [3.8, 4) is 5.75 Å². The number of rotatable bonds is 5. The highest BCUT2D eigenvalue weighted by atomic mass is 32.1. The van der Waals surface area contributed by atoms with E-state index in [0.717, 1.165) is 15.6 Å². The number of hydrogen-bond acceptors (Lipinski definition) is 4. The van der Waals surface area contributed by atoms with Gasteiger partial charge in [-0.1, -0.05) is 26.0 Å². The first-order valence-corrected chi connectivity index (χ1v) is 6.90. The van der Waals surface area contributed by atoms with Crippen LogP contribution in [0.3, 0.4) is 0 Å². The molecule has 0 saturated heterocycles. The van der Waals surface area contributed by atoms with Gasteiger partial charge in [-0.25, -0.2) is 9.37 Å². The third kappa shape index (κ3) is 3.30. The van der Waals surface area contributed by atoms with E-state index in [2.05, 4.69) is 4.98 Å². The van der Waals surface area contributed by atoms with Gasteiger partial charge in [0.05, 0.1) is 17.2 Å². The Bertz CT molecular complexity index is 554. The number of aromatic nitrogens is 1. The second-order valence-corrected chi connectivity index (χ2v) is 5.62. The lowest BCUT2D eigenvalue weighted by Crippen LogP contribution is -1.98. The number of aliphatic hydroxyl groups excluding tert-OH is 1. The molecule has 1 N–H and O–H groups in total. The maximum absolute atomic E-state index is 13.4. The van der Waals surface area contributed by atoms with E-state index in [-0.39, 0.29) is 30.7 Å². The zero-order chi connectivity index (χ0) is 13.8. The number of aliphatic hydroxyl groups is 1. The van der Waals surface area contributed by atoms with Crippen molar-refractivity contribution < 1.29 is 14.2 Å². The number of ether oxygens (including phenoxy) is 1. The van der Waals surface area contributed by atoms with Crippen molar-refractivity contribution in [2.45, 2.75) is 33.0 Å².